The van der Waals surface area contributed by atoms with E-state index in [4.69, 9.17) is 5.73 Å². The van der Waals surface area contributed by atoms with E-state index < -0.39 is 0 Å². The van der Waals surface area contributed by atoms with Crippen LogP contribution in [0.15, 0.2) is 41.7 Å². The standard InChI is InChI=1S/C15H24N4/c1-11(2)8-18-15(16)19-10-14(12(3)4)13-6-5-7-17-9-13/h5-7,9,12,14H,1,8,10H2,2-4H3,(H3,16,18,19). The second-order valence-corrected chi connectivity index (χ2v) is 5.17. The van der Waals surface area contributed by atoms with Crippen molar-refractivity contribution in [3.63, 3.8) is 0 Å². The highest BCUT2D eigenvalue weighted by Gasteiger charge is 2.15. The van der Waals surface area contributed by atoms with E-state index in [2.05, 4.69) is 41.8 Å². The third kappa shape index (κ3) is 5.55. The Bertz CT molecular complexity index is 423. The molecule has 0 bridgehead atoms. The molecule has 19 heavy (non-hydrogen) atoms. The fourth-order valence-electron chi connectivity index (χ4n) is 1.79. The first-order valence-electron chi connectivity index (χ1n) is 6.58. The molecular weight excluding hydrogens is 236 g/mol. The van der Waals surface area contributed by atoms with E-state index >= 15 is 0 Å². The lowest BCUT2D eigenvalue weighted by atomic mass is 9.89. The summed E-state index contributed by atoms with van der Waals surface area (Å²) in [5.74, 6) is 1.29. The highest BCUT2D eigenvalue weighted by molar-refractivity contribution is 5.78. The topological polar surface area (TPSA) is 63.3 Å². The summed E-state index contributed by atoms with van der Waals surface area (Å²) >= 11 is 0. The van der Waals surface area contributed by atoms with Gasteiger partial charge in [-0.1, -0.05) is 32.1 Å². The summed E-state index contributed by atoms with van der Waals surface area (Å²) in [6.45, 7) is 11.5. The molecule has 0 saturated heterocycles. The Labute approximate surface area is 115 Å². The van der Waals surface area contributed by atoms with Crippen molar-refractivity contribution in [3.05, 3.63) is 42.2 Å². The van der Waals surface area contributed by atoms with Gasteiger partial charge in [-0.2, -0.15) is 0 Å². The molecular formula is C15H24N4. The van der Waals surface area contributed by atoms with Gasteiger partial charge >= 0.3 is 0 Å². The number of nitrogens with two attached hydrogens (primary N) is 1. The molecule has 0 fully saturated rings. The van der Waals surface area contributed by atoms with Gasteiger partial charge in [0.05, 0.1) is 0 Å². The summed E-state index contributed by atoms with van der Waals surface area (Å²) in [6.07, 6.45) is 3.69. The van der Waals surface area contributed by atoms with Crippen molar-refractivity contribution < 1.29 is 0 Å². The first kappa shape index (κ1) is 15.2. The first-order valence-corrected chi connectivity index (χ1v) is 6.58. The Kier molecular flexibility index (Phi) is 6.06. The average Bonchev–Trinajstić information content (AvgIpc) is 2.37. The maximum atomic E-state index is 5.83. The molecule has 4 nitrogen and oxygen atoms in total. The number of hydrogen-bond acceptors (Lipinski definition) is 2. The number of hydrogen-bond donors (Lipinski definition) is 2. The van der Waals surface area contributed by atoms with Gasteiger partial charge in [0.25, 0.3) is 0 Å². The lowest BCUT2D eigenvalue weighted by molar-refractivity contribution is 0.505. The zero-order valence-electron chi connectivity index (χ0n) is 12.1. The Morgan fingerprint density at radius 1 is 1.53 bits per heavy atom. The minimum absolute atomic E-state index is 0.332. The number of pyridine rings is 1. The van der Waals surface area contributed by atoms with Crippen molar-refractivity contribution in [1.82, 2.24) is 10.3 Å². The van der Waals surface area contributed by atoms with Crippen LogP contribution in [0.1, 0.15) is 32.3 Å². The second-order valence-electron chi connectivity index (χ2n) is 5.17. The highest BCUT2D eigenvalue weighted by Crippen LogP contribution is 2.23. The summed E-state index contributed by atoms with van der Waals surface area (Å²) in [5.41, 5.74) is 8.07. The first-order chi connectivity index (χ1) is 9.00. The number of nitrogens with one attached hydrogen (secondary N) is 1. The molecule has 0 aliphatic heterocycles. The minimum atomic E-state index is 0.332. The van der Waals surface area contributed by atoms with E-state index in [0.717, 1.165) is 5.57 Å². The van der Waals surface area contributed by atoms with Crippen molar-refractivity contribution in [3.8, 4) is 0 Å². The SMILES string of the molecule is C=C(C)CNC(N)=NCC(c1cccnc1)C(C)C. The van der Waals surface area contributed by atoms with Crippen molar-refractivity contribution >= 4 is 5.96 Å². The van der Waals surface area contributed by atoms with Crippen molar-refractivity contribution in [2.24, 2.45) is 16.6 Å². The molecule has 0 radical (unpaired) electrons. The Balaban J connectivity index is 2.65. The molecule has 1 heterocycles. The fraction of sp³-hybridized carbons (Fsp3) is 0.467. The van der Waals surface area contributed by atoms with Crippen LogP contribution >= 0.6 is 0 Å². The molecule has 0 saturated carbocycles. The monoisotopic (exact) mass is 260 g/mol. The molecule has 104 valence electrons. The van der Waals surface area contributed by atoms with E-state index in [0.29, 0.717) is 30.9 Å². The van der Waals surface area contributed by atoms with Crippen molar-refractivity contribution in [2.75, 3.05) is 13.1 Å². The summed E-state index contributed by atoms with van der Waals surface area (Å²) in [4.78, 5) is 8.58. The van der Waals surface area contributed by atoms with Gasteiger partial charge in [0, 0.05) is 31.4 Å². The second kappa shape index (κ2) is 7.56. The van der Waals surface area contributed by atoms with Gasteiger partial charge in [-0.3, -0.25) is 9.98 Å². The molecule has 1 atom stereocenters. The molecule has 0 amide bonds. The lowest BCUT2D eigenvalue weighted by Crippen LogP contribution is -2.33. The summed E-state index contributed by atoms with van der Waals surface area (Å²) < 4.78 is 0. The van der Waals surface area contributed by atoms with Gasteiger partial charge < -0.3 is 11.1 Å². The van der Waals surface area contributed by atoms with Crippen LogP contribution in [0.4, 0.5) is 0 Å². The van der Waals surface area contributed by atoms with Crippen LogP contribution in [0.2, 0.25) is 0 Å². The number of rotatable bonds is 6. The van der Waals surface area contributed by atoms with Gasteiger partial charge in [0.15, 0.2) is 5.96 Å². The van der Waals surface area contributed by atoms with E-state index in [-0.39, 0.29) is 0 Å². The van der Waals surface area contributed by atoms with E-state index in [9.17, 15) is 0 Å². The van der Waals surface area contributed by atoms with E-state index in [1.807, 2.05) is 19.2 Å². The molecule has 0 aliphatic rings. The highest BCUT2D eigenvalue weighted by atomic mass is 15.1. The zero-order chi connectivity index (χ0) is 14.3. The minimum Gasteiger partial charge on any atom is -0.370 e. The molecule has 0 aromatic carbocycles. The molecule has 1 aromatic rings. The average molecular weight is 260 g/mol. The lowest BCUT2D eigenvalue weighted by Gasteiger charge is -2.19. The Morgan fingerprint density at radius 2 is 2.26 bits per heavy atom. The summed E-state index contributed by atoms with van der Waals surface area (Å²) in [5, 5.41) is 3.04. The van der Waals surface area contributed by atoms with Crippen LogP contribution in [0, 0.1) is 5.92 Å². The van der Waals surface area contributed by atoms with Crippen LogP contribution in [0.5, 0.6) is 0 Å². The van der Waals surface area contributed by atoms with Gasteiger partial charge in [-0.15, -0.1) is 0 Å². The van der Waals surface area contributed by atoms with Crippen molar-refractivity contribution in [1.29, 1.82) is 0 Å². The Hall–Kier alpha value is -1.84. The van der Waals surface area contributed by atoms with Crippen LogP contribution in [0.25, 0.3) is 0 Å². The van der Waals surface area contributed by atoms with Gasteiger partial charge in [0.2, 0.25) is 0 Å². The van der Waals surface area contributed by atoms with Gasteiger partial charge in [-0.25, -0.2) is 0 Å². The third-order valence-corrected chi connectivity index (χ3v) is 2.95. The predicted molar refractivity (Wildman–Crippen MR) is 81.1 cm³/mol. The number of nitrogens with zero attached hydrogens (tertiary/aromatic N) is 2. The van der Waals surface area contributed by atoms with E-state index in [1.165, 1.54) is 5.56 Å². The zero-order valence-corrected chi connectivity index (χ0v) is 12.1. The van der Waals surface area contributed by atoms with Gasteiger partial charge in [-0.05, 0) is 24.5 Å². The van der Waals surface area contributed by atoms with Crippen LogP contribution < -0.4 is 11.1 Å². The molecule has 4 heteroatoms. The molecule has 1 unspecified atom stereocenters. The quantitative estimate of drug-likeness (QED) is 0.468. The van der Waals surface area contributed by atoms with Crippen LogP contribution in [-0.4, -0.2) is 24.0 Å². The number of guanidine groups is 1. The summed E-state index contributed by atoms with van der Waals surface area (Å²) in [7, 11) is 0. The number of aromatic nitrogens is 1. The molecule has 0 aliphatic carbocycles. The fourth-order valence-corrected chi connectivity index (χ4v) is 1.79. The molecule has 0 spiro atoms. The normalized spacial score (nSPS) is 13.4. The van der Waals surface area contributed by atoms with Gasteiger partial charge in [0.1, 0.15) is 0 Å². The number of aliphatic imine (C=N–C) groups is 1. The molecule has 1 rings (SSSR count). The maximum absolute atomic E-state index is 5.83. The smallest absolute Gasteiger partial charge is 0.188 e. The van der Waals surface area contributed by atoms with Crippen LogP contribution in [-0.2, 0) is 0 Å². The Morgan fingerprint density at radius 3 is 2.79 bits per heavy atom. The molecule has 1 aromatic heterocycles. The molecule has 3 N–H and O–H groups in total. The van der Waals surface area contributed by atoms with Crippen molar-refractivity contribution in [2.45, 2.75) is 26.7 Å². The maximum Gasteiger partial charge on any atom is 0.188 e. The third-order valence-electron chi connectivity index (χ3n) is 2.95. The predicted octanol–water partition coefficient (Wildman–Crippen LogP) is 2.30. The van der Waals surface area contributed by atoms with Crippen LogP contribution in [0.3, 0.4) is 0 Å². The largest absolute Gasteiger partial charge is 0.370 e. The van der Waals surface area contributed by atoms with E-state index in [1.54, 1.807) is 6.20 Å². The summed E-state index contributed by atoms with van der Waals surface area (Å²) in [6, 6.07) is 4.04.